The molecule has 0 aliphatic carbocycles. The highest BCUT2D eigenvalue weighted by atomic mass is 35.5. The van der Waals surface area contributed by atoms with Crippen molar-refractivity contribution in [2.24, 2.45) is 0 Å². The molecule has 4 nitrogen and oxygen atoms in total. The van der Waals surface area contributed by atoms with Crippen molar-refractivity contribution in [1.82, 2.24) is 5.32 Å². The Morgan fingerprint density at radius 1 is 1.53 bits per heavy atom. The van der Waals surface area contributed by atoms with Crippen LogP contribution >= 0.6 is 23.2 Å². The van der Waals surface area contributed by atoms with Gasteiger partial charge in [0.2, 0.25) is 0 Å². The van der Waals surface area contributed by atoms with Crippen molar-refractivity contribution >= 4 is 29.1 Å². The van der Waals surface area contributed by atoms with Crippen molar-refractivity contribution in [3.8, 4) is 5.75 Å². The van der Waals surface area contributed by atoms with Crippen molar-refractivity contribution < 1.29 is 14.6 Å². The summed E-state index contributed by atoms with van der Waals surface area (Å²) in [4.78, 5) is 11.3. The number of aliphatic hydroxyl groups is 1. The van der Waals surface area contributed by atoms with Gasteiger partial charge in [-0.3, -0.25) is 4.79 Å². The molecule has 94 valence electrons. The molecular weight excluding hydrogens is 265 g/mol. The second kappa shape index (κ2) is 6.69. The molecule has 0 aromatic heterocycles. The van der Waals surface area contributed by atoms with Gasteiger partial charge in [-0.2, -0.15) is 0 Å². The molecule has 1 amide bonds. The number of carbonyl (C=O) groups is 1. The van der Waals surface area contributed by atoms with E-state index in [4.69, 9.17) is 33.0 Å². The fourth-order valence-electron chi connectivity index (χ4n) is 1.04. The highest BCUT2D eigenvalue weighted by molar-refractivity contribution is 6.34. The van der Waals surface area contributed by atoms with E-state index in [-0.39, 0.29) is 19.1 Å². The number of ether oxygens (including phenoxy) is 1. The third-order valence-electron chi connectivity index (χ3n) is 1.85. The van der Waals surface area contributed by atoms with Crippen molar-refractivity contribution in [3.63, 3.8) is 0 Å². The van der Waals surface area contributed by atoms with Gasteiger partial charge in [-0.15, -0.1) is 0 Å². The quantitative estimate of drug-likeness (QED) is 0.864. The number of rotatable bonds is 5. The van der Waals surface area contributed by atoms with Crippen LogP contribution in [0.5, 0.6) is 5.75 Å². The number of carbonyl (C=O) groups excluding carboxylic acids is 1. The lowest BCUT2D eigenvalue weighted by molar-refractivity contribution is -0.123. The van der Waals surface area contributed by atoms with Crippen LogP contribution in [-0.4, -0.2) is 30.3 Å². The number of nitrogens with one attached hydrogen (secondary N) is 1. The van der Waals surface area contributed by atoms with E-state index in [0.717, 1.165) is 0 Å². The zero-order chi connectivity index (χ0) is 12.8. The predicted molar refractivity (Wildman–Crippen MR) is 66.6 cm³/mol. The first-order valence-electron chi connectivity index (χ1n) is 5.01. The molecule has 2 N–H and O–H groups in total. The molecule has 0 saturated carbocycles. The summed E-state index contributed by atoms with van der Waals surface area (Å²) in [7, 11) is 0. The Bertz CT molecular complexity index is 396. The predicted octanol–water partition coefficient (Wildman–Crippen LogP) is 1.87. The van der Waals surface area contributed by atoms with Gasteiger partial charge in [0.25, 0.3) is 5.91 Å². The van der Waals surface area contributed by atoms with Crippen LogP contribution in [0.25, 0.3) is 0 Å². The van der Waals surface area contributed by atoms with Crippen molar-refractivity contribution in [1.29, 1.82) is 0 Å². The molecule has 0 spiro atoms. The zero-order valence-electron chi connectivity index (χ0n) is 9.24. The van der Waals surface area contributed by atoms with E-state index in [1.807, 2.05) is 0 Å². The highest BCUT2D eigenvalue weighted by Crippen LogP contribution is 2.27. The van der Waals surface area contributed by atoms with Gasteiger partial charge in [0.05, 0.1) is 11.1 Å². The maximum absolute atomic E-state index is 11.3. The summed E-state index contributed by atoms with van der Waals surface area (Å²) < 4.78 is 5.20. The monoisotopic (exact) mass is 277 g/mol. The third kappa shape index (κ3) is 5.26. The number of hydrogen-bond acceptors (Lipinski definition) is 3. The molecule has 0 radical (unpaired) electrons. The molecule has 0 unspecified atom stereocenters. The van der Waals surface area contributed by atoms with Crippen molar-refractivity contribution in [2.75, 3.05) is 13.2 Å². The molecule has 17 heavy (non-hydrogen) atoms. The molecule has 1 atom stereocenters. The van der Waals surface area contributed by atoms with E-state index in [1.165, 1.54) is 6.07 Å². The van der Waals surface area contributed by atoms with Gasteiger partial charge in [0, 0.05) is 17.6 Å². The van der Waals surface area contributed by atoms with Crippen LogP contribution in [-0.2, 0) is 4.79 Å². The zero-order valence-corrected chi connectivity index (χ0v) is 10.8. The summed E-state index contributed by atoms with van der Waals surface area (Å²) in [6.45, 7) is 1.59. The minimum atomic E-state index is -0.589. The van der Waals surface area contributed by atoms with Gasteiger partial charge in [0.1, 0.15) is 5.75 Å². The molecule has 1 aromatic carbocycles. The van der Waals surface area contributed by atoms with Crippen LogP contribution in [0.15, 0.2) is 18.2 Å². The molecular formula is C11H13Cl2NO3. The maximum Gasteiger partial charge on any atom is 0.258 e. The summed E-state index contributed by atoms with van der Waals surface area (Å²) in [5, 5.41) is 12.3. The van der Waals surface area contributed by atoms with E-state index >= 15 is 0 Å². The fourth-order valence-corrected chi connectivity index (χ4v) is 1.38. The first-order chi connectivity index (χ1) is 7.99. The van der Waals surface area contributed by atoms with Crippen molar-refractivity contribution in [2.45, 2.75) is 13.0 Å². The topological polar surface area (TPSA) is 58.6 Å². The van der Waals surface area contributed by atoms with Gasteiger partial charge in [-0.05, 0) is 19.1 Å². The third-order valence-corrected chi connectivity index (χ3v) is 2.39. The van der Waals surface area contributed by atoms with E-state index < -0.39 is 6.10 Å². The Hall–Kier alpha value is -0.970. The summed E-state index contributed by atoms with van der Waals surface area (Å²) in [6, 6.07) is 4.75. The molecule has 6 heteroatoms. The molecule has 0 saturated heterocycles. The maximum atomic E-state index is 11.3. The number of amides is 1. The lowest BCUT2D eigenvalue weighted by Crippen LogP contribution is -2.34. The molecule has 0 aliphatic rings. The van der Waals surface area contributed by atoms with E-state index in [2.05, 4.69) is 5.32 Å². The lowest BCUT2D eigenvalue weighted by atomic mass is 10.3. The Morgan fingerprint density at radius 2 is 2.24 bits per heavy atom. The van der Waals surface area contributed by atoms with Gasteiger partial charge in [-0.1, -0.05) is 23.2 Å². The summed E-state index contributed by atoms with van der Waals surface area (Å²) in [6.07, 6.45) is -0.589. The molecule has 0 aliphatic heterocycles. The average molecular weight is 278 g/mol. The molecule has 1 rings (SSSR count). The Labute approximate surface area is 109 Å². The average Bonchev–Trinajstić information content (AvgIpc) is 2.27. The molecule has 1 aromatic rings. The van der Waals surface area contributed by atoms with Gasteiger partial charge >= 0.3 is 0 Å². The standard InChI is InChI=1S/C11H13Cl2NO3/c1-7(15)5-14-11(16)6-17-10-4-8(12)2-3-9(10)13/h2-4,7,15H,5-6H2,1H3,(H,14,16)/t7-/m1/s1. The Morgan fingerprint density at radius 3 is 2.88 bits per heavy atom. The van der Waals surface area contributed by atoms with Gasteiger partial charge in [0.15, 0.2) is 6.61 Å². The Kier molecular flexibility index (Phi) is 5.55. The van der Waals surface area contributed by atoms with Crippen LogP contribution < -0.4 is 10.1 Å². The minimum Gasteiger partial charge on any atom is -0.482 e. The minimum absolute atomic E-state index is 0.174. The second-order valence-electron chi connectivity index (χ2n) is 3.52. The van der Waals surface area contributed by atoms with Gasteiger partial charge < -0.3 is 15.2 Å². The molecule has 0 bridgehead atoms. The lowest BCUT2D eigenvalue weighted by Gasteiger charge is -2.09. The highest BCUT2D eigenvalue weighted by Gasteiger charge is 2.07. The largest absolute Gasteiger partial charge is 0.482 e. The van der Waals surface area contributed by atoms with E-state index in [1.54, 1.807) is 19.1 Å². The number of halogens is 2. The summed E-state index contributed by atoms with van der Waals surface area (Å²) >= 11 is 11.6. The van der Waals surface area contributed by atoms with Crippen LogP contribution in [0.4, 0.5) is 0 Å². The smallest absolute Gasteiger partial charge is 0.258 e. The molecule has 0 heterocycles. The van der Waals surface area contributed by atoms with Crippen LogP contribution in [0, 0.1) is 0 Å². The normalized spacial score (nSPS) is 12.0. The van der Waals surface area contributed by atoms with Crippen LogP contribution in [0.2, 0.25) is 10.0 Å². The first kappa shape index (κ1) is 14.1. The second-order valence-corrected chi connectivity index (χ2v) is 4.36. The first-order valence-corrected chi connectivity index (χ1v) is 5.77. The number of hydrogen-bond donors (Lipinski definition) is 2. The van der Waals surface area contributed by atoms with Crippen LogP contribution in [0.3, 0.4) is 0 Å². The van der Waals surface area contributed by atoms with Crippen molar-refractivity contribution in [3.05, 3.63) is 28.2 Å². The van der Waals surface area contributed by atoms with Crippen LogP contribution in [0.1, 0.15) is 6.92 Å². The number of aliphatic hydroxyl groups excluding tert-OH is 1. The Balaban J connectivity index is 2.44. The fraction of sp³-hybridized carbons (Fsp3) is 0.364. The summed E-state index contributed by atoms with van der Waals surface area (Å²) in [5.41, 5.74) is 0. The summed E-state index contributed by atoms with van der Waals surface area (Å²) in [5.74, 6) is 0.0216. The van der Waals surface area contributed by atoms with E-state index in [0.29, 0.717) is 15.8 Å². The van der Waals surface area contributed by atoms with E-state index in [9.17, 15) is 4.79 Å². The molecule has 0 fully saturated rings. The van der Waals surface area contributed by atoms with Gasteiger partial charge in [-0.25, -0.2) is 0 Å². The number of benzene rings is 1. The SMILES string of the molecule is C[C@@H](O)CNC(=O)COc1cc(Cl)ccc1Cl.